The standard InChI is InChI=1S/C17H27O6P/c1-4-21-24(18,22-5-2)23-15-9-8-14-7-6-10-17(16(14,3)13-15)19-11-12-20-17/h8-9H,4-7,10-13H2,1-3H3. The van der Waals surface area contributed by atoms with Crippen LogP contribution in [0.5, 0.6) is 0 Å². The molecule has 1 spiro atoms. The first-order chi connectivity index (χ1) is 11.5. The van der Waals surface area contributed by atoms with Crippen molar-refractivity contribution in [3.63, 3.8) is 0 Å². The van der Waals surface area contributed by atoms with Crippen molar-refractivity contribution in [2.24, 2.45) is 5.41 Å². The highest BCUT2D eigenvalue weighted by Crippen LogP contribution is 2.59. The first kappa shape index (κ1) is 18.2. The highest BCUT2D eigenvalue weighted by atomic mass is 31.2. The Hall–Kier alpha value is -0.650. The minimum absolute atomic E-state index is 0.263. The second-order valence-corrected chi connectivity index (χ2v) is 8.10. The van der Waals surface area contributed by atoms with Gasteiger partial charge in [-0.25, -0.2) is 4.57 Å². The Bertz CT molecular complexity index is 568. The third kappa shape index (κ3) is 3.11. The Morgan fingerprint density at radius 2 is 1.83 bits per heavy atom. The van der Waals surface area contributed by atoms with Gasteiger partial charge in [-0.3, -0.25) is 9.05 Å². The Morgan fingerprint density at radius 3 is 2.46 bits per heavy atom. The summed E-state index contributed by atoms with van der Waals surface area (Å²) >= 11 is 0. The number of fused-ring (bicyclic) bond motifs is 2. The first-order valence-electron chi connectivity index (χ1n) is 8.74. The normalized spacial score (nSPS) is 29.1. The third-order valence-corrected chi connectivity index (χ3v) is 6.66. The average Bonchev–Trinajstić information content (AvgIpc) is 2.99. The number of hydrogen-bond acceptors (Lipinski definition) is 6. The first-order valence-corrected chi connectivity index (χ1v) is 10.2. The van der Waals surface area contributed by atoms with Crippen LogP contribution in [0.2, 0.25) is 0 Å². The molecule has 1 atom stereocenters. The molecule has 0 aromatic rings. The van der Waals surface area contributed by atoms with Crippen LogP contribution >= 0.6 is 7.82 Å². The second-order valence-electron chi connectivity index (χ2n) is 6.51. The van der Waals surface area contributed by atoms with E-state index in [1.165, 1.54) is 5.57 Å². The molecule has 1 saturated carbocycles. The Morgan fingerprint density at radius 1 is 1.17 bits per heavy atom. The lowest BCUT2D eigenvalue weighted by atomic mass is 9.63. The summed E-state index contributed by atoms with van der Waals surface area (Å²) in [5.74, 6) is -0.0203. The SMILES string of the molecule is CCOP(=O)(OCC)OC1=CC=C2CCCC3(OCCO3)C2(C)C1. The van der Waals surface area contributed by atoms with Gasteiger partial charge in [-0.05, 0) is 32.8 Å². The van der Waals surface area contributed by atoms with Crippen LogP contribution in [0.25, 0.3) is 0 Å². The number of rotatable bonds is 6. The number of phosphoric ester groups is 1. The predicted octanol–water partition coefficient (Wildman–Crippen LogP) is 4.33. The molecule has 1 aliphatic heterocycles. The quantitative estimate of drug-likeness (QED) is 0.659. The largest absolute Gasteiger partial charge is 0.529 e. The van der Waals surface area contributed by atoms with E-state index < -0.39 is 13.6 Å². The summed E-state index contributed by atoms with van der Waals surface area (Å²) in [5.41, 5.74) is 0.973. The zero-order chi connectivity index (χ0) is 17.3. The molecule has 2 aliphatic carbocycles. The van der Waals surface area contributed by atoms with Gasteiger partial charge < -0.3 is 14.0 Å². The second kappa shape index (κ2) is 6.93. The fraction of sp³-hybridized carbons (Fsp3) is 0.765. The molecular weight excluding hydrogens is 331 g/mol. The van der Waals surface area contributed by atoms with E-state index in [0.717, 1.165) is 19.3 Å². The molecular formula is C17H27O6P. The van der Waals surface area contributed by atoms with E-state index in [9.17, 15) is 4.57 Å². The van der Waals surface area contributed by atoms with E-state index in [1.807, 2.05) is 12.2 Å². The molecule has 136 valence electrons. The molecule has 0 bridgehead atoms. The molecule has 0 amide bonds. The molecule has 1 heterocycles. The maximum Gasteiger partial charge on any atom is 0.529 e. The lowest BCUT2D eigenvalue weighted by Gasteiger charge is -2.50. The van der Waals surface area contributed by atoms with Gasteiger partial charge in [0.1, 0.15) is 5.76 Å². The van der Waals surface area contributed by atoms with Crippen LogP contribution in [0.1, 0.15) is 46.5 Å². The summed E-state index contributed by atoms with van der Waals surface area (Å²) in [6.07, 6.45) is 7.40. The Balaban J connectivity index is 1.84. The molecule has 24 heavy (non-hydrogen) atoms. The third-order valence-electron chi connectivity index (χ3n) is 5.06. The van der Waals surface area contributed by atoms with E-state index >= 15 is 0 Å². The van der Waals surface area contributed by atoms with Crippen LogP contribution in [0.15, 0.2) is 23.5 Å². The maximum absolute atomic E-state index is 12.7. The van der Waals surface area contributed by atoms with Crippen LogP contribution in [0, 0.1) is 5.41 Å². The summed E-state index contributed by atoms with van der Waals surface area (Å²) in [6, 6.07) is 0. The summed E-state index contributed by atoms with van der Waals surface area (Å²) < 4.78 is 41.0. The summed E-state index contributed by atoms with van der Waals surface area (Å²) in [4.78, 5) is 0. The van der Waals surface area contributed by atoms with Crippen molar-refractivity contribution in [1.82, 2.24) is 0 Å². The number of hydrogen-bond donors (Lipinski definition) is 0. The fourth-order valence-electron chi connectivity index (χ4n) is 3.95. The summed E-state index contributed by atoms with van der Waals surface area (Å²) in [6.45, 7) is 7.42. The zero-order valence-electron chi connectivity index (χ0n) is 14.7. The van der Waals surface area contributed by atoms with Crippen LogP contribution < -0.4 is 0 Å². The summed E-state index contributed by atoms with van der Waals surface area (Å²) in [5, 5.41) is 0. The molecule has 2 fully saturated rings. The molecule has 0 aromatic carbocycles. The van der Waals surface area contributed by atoms with Crippen LogP contribution in [0.4, 0.5) is 0 Å². The van der Waals surface area contributed by atoms with Crippen molar-refractivity contribution in [3.05, 3.63) is 23.5 Å². The topological polar surface area (TPSA) is 63.2 Å². The average molecular weight is 358 g/mol. The maximum atomic E-state index is 12.7. The number of allylic oxidation sites excluding steroid dienone is 3. The predicted molar refractivity (Wildman–Crippen MR) is 89.3 cm³/mol. The van der Waals surface area contributed by atoms with E-state index in [1.54, 1.807) is 13.8 Å². The zero-order valence-corrected chi connectivity index (χ0v) is 15.6. The van der Waals surface area contributed by atoms with Crippen molar-refractivity contribution >= 4 is 7.82 Å². The van der Waals surface area contributed by atoms with E-state index in [0.29, 0.717) is 25.4 Å². The van der Waals surface area contributed by atoms with Crippen molar-refractivity contribution in [2.45, 2.75) is 52.2 Å². The molecule has 7 heteroatoms. The van der Waals surface area contributed by atoms with Crippen molar-refractivity contribution in [3.8, 4) is 0 Å². The van der Waals surface area contributed by atoms with Gasteiger partial charge in [-0.2, -0.15) is 0 Å². The van der Waals surface area contributed by atoms with Gasteiger partial charge in [-0.15, -0.1) is 0 Å². The van der Waals surface area contributed by atoms with E-state index in [-0.39, 0.29) is 18.6 Å². The van der Waals surface area contributed by atoms with Crippen molar-refractivity contribution < 1.29 is 27.6 Å². The molecule has 3 aliphatic rings. The van der Waals surface area contributed by atoms with Crippen molar-refractivity contribution in [1.29, 1.82) is 0 Å². The van der Waals surface area contributed by atoms with Gasteiger partial charge >= 0.3 is 7.82 Å². The lowest BCUT2D eigenvalue weighted by Crippen LogP contribution is -2.52. The molecule has 0 N–H and O–H groups in total. The van der Waals surface area contributed by atoms with Crippen LogP contribution in [-0.2, 0) is 27.6 Å². The minimum atomic E-state index is -3.59. The molecule has 1 unspecified atom stereocenters. The van der Waals surface area contributed by atoms with E-state index in [4.69, 9.17) is 23.0 Å². The van der Waals surface area contributed by atoms with E-state index in [2.05, 4.69) is 6.92 Å². The van der Waals surface area contributed by atoms with Gasteiger partial charge in [-0.1, -0.05) is 18.6 Å². The molecule has 0 radical (unpaired) electrons. The molecule has 1 saturated heterocycles. The van der Waals surface area contributed by atoms with Gasteiger partial charge in [0, 0.05) is 18.3 Å². The number of ether oxygens (including phenoxy) is 2. The van der Waals surface area contributed by atoms with Crippen molar-refractivity contribution in [2.75, 3.05) is 26.4 Å². The highest BCUT2D eigenvalue weighted by molar-refractivity contribution is 7.48. The monoisotopic (exact) mass is 358 g/mol. The fourth-order valence-corrected chi connectivity index (χ4v) is 5.18. The molecule has 3 rings (SSSR count). The number of phosphoric acid groups is 1. The minimum Gasteiger partial charge on any atom is -0.409 e. The van der Waals surface area contributed by atoms with Crippen LogP contribution in [0.3, 0.4) is 0 Å². The lowest BCUT2D eigenvalue weighted by molar-refractivity contribution is -0.235. The molecule has 0 aromatic heterocycles. The van der Waals surface area contributed by atoms with Gasteiger partial charge in [0.2, 0.25) is 0 Å². The Labute approximate surface area is 143 Å². The van der Waals surface area contributed by atoms with Gasteiger partial charge in [0.15, 0.2) is 5.79 Å². The highest BCUT2D eigenvalue weighted by Gasteiger charge is 2.57. The Kier molecular flexibility index (Phi) is 5.24. The molecule has 6 nitrogen and oxygen atoms in total. The van der Waals surface area contributed by atoms with Gasteiger partial charge in [0.25, 0.3) is 0 Å². The smallest absolute Gasteiger partial charge is 0.409 e. The van der Waals surface area contributed by atoms with Crippen LogP contribution in [-0.4, -0.2) is 32.2 Å². The van der Waals surface area contributed by atoms with Gasteiger partial charge in [0.05, 0.1) is 26.4 Å². The summed E-state index contributed by atoms with van der Waals surface area (Å²) in [7, 11) is -3.59.